The molecule has 0 radical (unpaired) electrons. The second kappa shape index (κ2) is 5.45. The first-order valence-electron chi connectivity index (χ1n) is 5.45. The first-order valence-corrected chi connectivity index (χ1v) is 5.45. The van der Waals surface area contributed by atoms with E-state index in [0.717, 1.165) is 5.56 Å². The normalized spacial score (nSPS) is 10.5. The van der Waals surface area contributed by atoms with Gasteiger partial charge in [0, 0.05) is 6.42 Å². The van der Waals surface area contributed by atoms with Gasteiger partial charge in [0.15, 0.2) is 6.61 Å². The predicted molar refractivity (Wildman–Crippen MR) is 60.4 cm³/mol. The smallest absolute Gasteiger partial charge is 0.253 e. The molecule has 2 rings (SSSR count). The number of hydrogen-bond acceptors (Lipinski definition) is 5. The van der Waals surface area contributed by atoms with Crippen LogP contribution in [0.15, 0.2) is 28.7 Å². The van der Waals surface area contributed by atoms with Crippen LogP contribution >= 0.6 is 0 Å². The van der Waals surface area contributed by atoms with Crippen molar-refractivity contribution in [1.82, 2.24) is 10.2 Å². The second-order valence-electron chi connectivity index (χ2n) is 3.54. The minimum absolute atomic E-state index is 0.00224. The lowest BCUT2D eigenvalue weighted by atomic mass is 10.2. The number of aromatic nitrogens is 2. The van der Waals surface area contributed by atoms with E-state index in [0.29, 0.717) is 24.0 Å². The summed E-state index contributed by atoms with van der Waals surface area (Å²) < 4.78 is 10.8. The number of aryl methyl sites for hydroxylation is 1. The van der Waals surface area contributed by atoms with Gasteiger partial charge in [0.2, 0.25) is 5.89 Å². The number of hydrogen-bond donors (Lipinski definition) is 1. The van der Waals surface area contributed by atoms with E-state index in [9.17, 15) is 0 Å². The lowest BCUT2D eigenvalue weighted by Gasteiger charge is -2.04. The van der Waals surface area contributed by atoms with Crippen molar-refractivity contribution in [2.24, 2.45) is 0 Å². The third-order valence-electron chi connectivity index (χ3n) is 2.25. The standard InChI is InChI=1S/C12H14N2O3/c1-2-11-13-14-12(17-11)8-16-10-5-3-4-9(6-10)7-15/h3-6,15H,2,7-8H2,1H3. The van der Waals surface area contributed by atoms with Crippen molar-refractivity contribution in [3.63, 3.8) is 0 Å². The fourth-order valence-electron chi connectivity index (χ4n) is 1.37. The van der Waals surface area contributed by atoms with Crippen molar-refractivity contribution in [3.05, 3.63) is 41.6 Å². The van der Waals surface area contributed by atoms with Gasteiger partial charge in [-0.25, -0.2) is 0 Å². The van der Waals surface area contributed by atoms with Crippen molar-refractivity contribution < 1.29 is 14.3 Å². The molecule has 0 bridgehead atoms. The Balaban J connectivity index is 1.96. The van der Waals surface area contributed by atoms with Crippen LogP contribution in [0.3, 0.4) is 0 Å². The molecule has 5 nitrogen and oxygen atoms in total. The van der Waals surface area contributed by atoms with Crippen LogP contribution in [0.2, 0.25) is 0 Å². The van der Waals surface area contributed by atoms with Gasteiger partial charge in [-0.3, -0.25) is 0 Å². The van der Waals surface area contributed by atoms with Crippen LogP contribution in [-0.4, -0.2) is 15.3 Å². The molecule has 1 N–H and O–H groups in total. The molecular weight excluding hydrogens is 220 g/mol. The summed E-state index contributed by atoms with van der Waals surface area (Å²) in [4.78, 5) is 0. The summed E-state index contributed by atoms with van der Waals surface area (Å²) in [6, 6.07) is 7.24. The molecule has 90 valence electrons. The van der Waals surface area contributed by atoms with E-state index < -0.39 is 0 Å². The van der Waals surface area contributed by atoms with Gasteiger partial charge in [0.25, 0.3) is 5.89 Å². The van der Waals surface area contributed by atoms with E-state index in [1.54, 1.807) is 6.07 Å². The van der Waals surface area contributed by atoms with Crippen molar-refractivity contribution in [3.8, 4) is 5.75 Å². The second-order valence-corrected chi connectivity index (χ2v) is 3.54. The van der Waals surface area contributed by atoms with Gasteiger partial charge in [-0.05, 0) is 17.7 Å². The van der Waals surface area contributed by atoms with Crippen LogP contribution in [0.4, 0.5) is 0 Å². The number of ether oxygens (including phenoxy) is 1. The maximum absolute atomic E-state index is 8.99. The number of rotatable bonds is 5. The Kier molecular flexibility index (Phi) is 3.72. The van der Waals surface area contributed by atoms with Gasteiger partial charge in [0.1, 0.15) is 5.75 Å². The van der Waals surface area contributed by atoms with Gasteiger partial charge in [-0.2, -0.15) is 0 Å². The van der Waals surface area contributed by atoms with E-state index in [2.05, 4.69) is 10.2 Å². The van der Waals surface area contributed by atoms with Crippen LogP contribution in [0, 0.1) is 0 Å². The highest BCUT2D eigenvalue weighted by molar-refractivity contribution is 5.27. The highest BCUT2D eigenvalue weighted by atomic mass is 16.5. The minimum atomic E-state index is -0.00224. The first kappa shape index (κ1) is 11.6. The Morgan fingerprint density at radius 2 is 2.12 bits per heavy atom. The van der Waals surface area contributed by atoms with Crippen LogP contribution in [0.25, 0.3) is 0 Å². The highest BCUT2D eigenvalue weighted by Gasteiger charge is 2.05. The van der Waals surface area contributed by atoms with E-state index in [1.807, 2.05) is 25.1 Å². The summed E-state index contributed by atoms with van der Waals surface area (Å²) in [6.45, 7) is 2.18. The van der Waals surface area contributed by atoms with Crippen molar-refractivity contribution in [1.29, 1.82) is 0 Å². The molecule has 1 heterocycles. The van der Waals surface area contributed by atoms with Crippen LogP contribution in [-0.2, 0) is 19.6 Å². The van der Waals surface area contributed by atoms with E-state index in [-0.39, 0.29) is 13.2 Å². The number of aliphatic hydroxyl groups excluding tert-OH is 1. The Morgan fingerprint density at radius 1 is 1.29 bits per heavy atom. The topological polar surface area (TPSA) is 68.4 Å². The highest BCUT2D eigenvalue weighted by Crippen LogP contribution is 2.14. The Labute approximate surface area is 99.1 Å². The first-order chi connectivity index (χ1) is 8.31. The van der Waals surface area contributed by atoms with Crippen molar-refractivity contribution in [2.75, 3.05) is 0 Å². The average molecular weight is 234 g/mol. The van der Waals surface area contributed by atoms with Crippen molar-refractivity contribution in [2.45, 2.75) is 26.6 Å². The number of nitrogens with zero attached hydrogens (tertiary/aromatic N) is 2. The van der Waals surface area contributed by atoms with Gasteiger partial charge < -0.3 is 14.3 Å². The molecule has 0 aliphatic heterocycles. The molecule has 0 aliphatic carbocycles. The van der Waals surface area contributed by atoms with Gasteiger partial charge in [0.05, 0.1) is 6.61 Å². The summed E-state index contributed by atoms with van der Waals surface area (Å²) in [5, 5.41) is 16.7. The molecule has 1 aromatic heterocycles. The average Bonchev–Trinajstić information content (AvgIpc) is 2.84. The van der Waals surface area contributed by atoms with Gasteiger partial charge in [-0.15, -0.1) is 10.2 Å². The molecule has 0 unspecified atom stereocenters. The SMILES string of the molecule is CCc1nnc(COc2cccc(CO)c2)o1. The molecule has 0 saturated heterocycles. The third-order valence-corrected chi connectivity index (χ3v) is 2.25. The predicted octanol–water partition coefficient (Wildman–Crippen LogP) is 1.70. The molecular formula is C12H14N2O3. The van der Waals surface area contributed by atoms with Gasteiger partial charge >= 0.3 is 0 Å². The monoisotopic (exact) mass is 234 g/mol. The van der Waals surface area contributed by atoms with Crippen LogP contribution in [0.1, 0.15) is 24.3 Å². The lowest BCUT2D eigenvalue weighted by molar-refractivity contribution is 0.256. The molecule has 0 saturated carbocycles. The van der Waals surface area contributed by atoms with Gasteiger partial charge in [-0.1, -0.05) is 19.1 Å². The molecule has 0 amide bonds. The quantitative estimate of drug-likeness (QED) is 0.852. The molecule has 17 heavy (non-hydrogen) atoms. The van der Waals surface area contributed by atoms with Crippen LogP contribution < -0.4 is 4.74 Å². The van der Waals surface area contributed by atoms with E-state index in [1.165, 1.54) is 0 Å². The van der Waals surface area contributed by atoms with E-state index in [4.69, 9.17) is 14.3 Å². The maximum atomic E-state index is 8.99. The summed E-state index contributed by atoms with van der Waals surface area (Å²) in [5.41, 5.74) is 0.808. The molecule has 5 heteroatoms. The van der Waals surface area contributed by atoms with E-state index >= 15 is 0 Å². The third kappa shape index (κ3) is 3.04. The summed E-state index contributed by atoms with van der Waals surface area (Å²) in [7, 11) is 0. The molecule has 2 aromatic rings. The zero-order valence-electron chi connectivity index (χ0n) is 9.59. The molecule has 0 aliphatic rings. The Hall–Kier alpha value is -1.88. The Bertz CT molecular complexity index is 482. The minimum Gasteiger partial charge on any atom is -0.484 e. The molecule has 0 spiro atoms. The molecule has 1 aromatic carbocycles. The molecule has 0 fully saturated rings. The fourth-order valence-corrected chi connectivity index (χ4v) is 1.37. The largest absolute Gasteiger partial charge is 0.484 e. The fraction of sp³-hybridized carbons (Fsp3) is 0.333. The molecule has 0 atom stereocenters. The number of benzene rings is 1. The summed E-state index contributed by atoms with van der Waals surface area (Å²) in [5.74, 6) is 1.73. The zero-order valence-corrected chi connectivity index (χ0v) is 9.59. The lowest BCUT2D eigenvalue weighted by Crippen LogP contribution is -1.96. The maximum Gasteiger partial charge on any atom is 0.253 e. The Morgan fingerprint density at radius 3 is 2.82 bits per heavy atom. The summed E-state index contributed by atoms with van der Waals surface area (Å²) >= 11 is 0. The summed E-state index contributed by atoms with van der Waals surface area (Å²) in [6.07, 6.45) is 0.715. The zero-order chi connectivity index (χ0) is 12.1. The number of aliphatic hydroxyl groups is 1. The van der Waals surface area contributed by atoms with Crippen LogP contribution in [0.5, 0.6) is 5.75 Å². The van der Waals surface area contributed by atoms with Crippen molar-refractivity contribution >= 4 is 0 Å².